The molecule has 0 bridgehead atoms. The second kappa shape index (κ2) is 4.45. The Morgan fingerprint density at radius 2 is 2.25 bits per heavy atom. The molecule has 1 aliphatic rings. The molecule has 2 rings (SSSR count). The zero-order valence-corrected chi connectivity index (χ0v) is 10.9. The van der Waals surface area contributed by atoms with Crippen LogP contribution in [0.3, 0.4) is 0 Å². The van der Waals surface area contributed by atoms with Gasteiger partial charge in [-0.15, -0.1) is 0 Å². The Hall–Kier alpha value is -1.03. The number of halogens is 1. The van der Waals surface area contributed by atoms with Crippen LogP contribution < -0.4 is 10.6 Å². The summed E-state index contributed by atoms with van der Waals surface area (Å²) in [6, 6.07) is 5.91. The first kappa shape index (κ1) is 11.5. The average molecular weight is 282 g/mol. The second-order valence-corrected chi connectivity index (χ2v) is 5.31. The van der Waals surface area contributed by atoms with Gasteiger partial charge in [0.05, 0.1) is 0 Å². The quantitative estimate of drug-likeness (QED) is 0.658. The van der Waals surface area contributed by atoms with Crippen molar-refractivity contribution in [2.45, 2.75) is 12.8 Å². The van der Waals surface area contributed by atoms with Crippen molar-refractivity contribution in [3.8, 4) is 0 Å². The molecule has 1 fully saturated rings. The molecule has 4 heteroatoms. The van der Waals surface area contributed by atoms with Gasteiger partial charge in [-0.05, 0) is 37.0 Å². The fourth-order valence-electron chi connectivity index (χ4n) is 1.84. The highest BCUT2D eigenvalue weighted by molar-refractivity contribution is 9.10. The molecule has 3 nitrogen and oxygen atoms in total. The Balaban J connectivity index is 2.26. The molecule has 0 spiro atoms. The number of hydrogen-bond acceptors (Lipinski definition) is 2. The van der Waals surface area contributed by atoms with Crippen LogP contribution in [0.4, 0.5) is 5.69 Å². The zero-order valence-electron chi connectivity index (χ0n) is 9.33. The van der Waals surface area contributed by atoms with Crippen molar-refractivity contribution in [2.24, 2.45) is 11.7 Å². The summed E-state index contributed by atoms with van der Waals surface area (Å²) < 4.78 is 0.960. The molecule has 0 unspecified atom stereocenters. The third kappa shape index (κ3) is 2.55. The molecule has 0 saturated heterocycles. The van der Waals surface area contributed by atoms with Gasteiger partial charge in [-0.25, -0.2) is 0 Å². The molecule has 16 heavy (non-hydrogen) atoms. The molecule has 0 amide bonds. The number of hydrogen-bond donors (Lipinski definition) is 2. The van der Waals surface area contributed by atoms with E-state index in [0.29, 0.717) is 0 Å². The van der Waals surface area contributed by atoms with Crippen LogP contribution in [-0.2, 0) is 0 Å². The van der Waals surface area contributed by atoms with Gasteiger partial charge in [0.15, 0.2) is 0 Å². The van der Waals surface area contributed by atoms with E-state index in [1.807, 2.05) is 18.2 Å². The maximum Gasteiger partial charge on any atom is 0.124 e. The summed E-state index contributed by atoms with van der Waals surface area (Å²) in [6.45, 7) is 1.06. The molecule has 0 heterocycles. The highest BCUT2D eigenvalue weighted by Crippen LogP contribution is 2.32. The van der Waals surface area contributed by atoms with E-state index in [2.05, 4.69) is 27.9 Å². The van der Waals surface area contributed by atoms with Gasteiger partial charge in [-0.2, -0.15) is 0 Å². The number of nitrogens with two attached hydrogens (primary N) is 1. The lowest BCUT2D eigenvalue weighted by atomic mass is 10.1. The molecule has 1 saturated carbocycles. The van der Waals surface area contributed by atoms with E-state index in [1.54, 1.807) is 0 Å². The van der Waals surface area contributed by atoms with Crippen molar-refractivity contribution in [3.63, 3.8) is 0 Å². The number of nitrogens with one attached hydrogen (secondary N) is 1. The number of benzene rings is 1. The molecule has 3 N–H and O–H groups in total. The largest absolute Gasteiger partial charge is 0.384 e. The Morgan fingerprint density at radius 3 is 2.81 bits per heavy atom. The predicted molar refractivity (Wildman–Crippen MR) is 71.2 cm³/mol. The fraction of sp³-hybridized carbons (Fsp3) is 0.417. The van der Waals surface area contributed by atoms with E-state index in [1.165, 1.54) is 12.8 Å². The van der Waals surface area contributed by atoms with E-state index in [0.717, 1.165) is 28.2 Å². The third-order valence-electron chi connectivity index (χ3n) is 2.89. The van der Waals surface area contributed by atoms with Crippen LogP contribution in [0, 0.1) is 11.3 Å². The van der Waals surface area contributed by atoms with E-state index < -0.39 is 0 Å². The Morgan fingerprint density at radius 1 is 1.56 bits per heavy atom. The normalized spacial score (nSPS) is 14.9. The van der Waals surface area contributed by atoms with E-state index in [-0.39, 0.29) is 5.84 Å². The minimum Gasteiger partial charge on any atom is -0.384 e. The van der Waals surface area contributed by atoms with Crippen LogP contribution in [0.5, 0.6) is 0 Å². The van der Waals surface area contributed by atoms with Gasteiger partial charge in [-0.1, -0.05) is 15.9 Å². The number of rotatable bonds is 4. The standard InChI is InChI=1S/C12H16BrN3/c1-16(7-8-2-3-8)11-5-4-9(13)6-10(11)12(14)15/h4-6,8H,2-3,7H2,1H3,(H3,14,15). The predicted octanol–water partition coefficient (Wildman–Crippen LogP) is 2.58. The minimum absolute atomic E-state index is 0.124. The molecule has 1 aromatic rings. The topological polar surface area (TPSA) is 53.1 Å². The highest BCUT2D eigenvalue weighted by Gasteiger charge is 2.24. The summed E-state index contributed by atoms with van der Waals surface area (Å²) in [5.41, 5.74) is 7.45. The molecule has 0 radical (unpaired) electrons. The van der Waals surface area contributed by atoms with Gasteiger partial charge in [0.25, 0.3) is 0 Å². The van der Waals surface area contributed by atoms with Gasteiger partial charge in [0.1, 0.15) is 5.84 Å². The monoisotopic (exact) mass is 281 g/mol. The summed E-state index contributed by atoms with van der Waals surface area (Å²) in [6.07, 6.45) is 2.66. The summed E-state index contributed by atoms with van der Waals surface area (Å²) in [5, 5.41) is 7.59. The molecule has 0 aromatic heterocycles. The van der Waals surface area contributed by atoms with E-state index in [9.17, 15) is 0 Å². The van der Waals surface area contributed by atoms with Crippen molar-refractivity contribution in [3.05, 3.63) is 28.2 Å². The molecule has 0 atom stereocenters. The smallest absolute Gasteiger partial charge is 0.124 e. The van der Waals surface area contributed by atoms with Gasteiger partial charge in [0, 0.05) is 29.3 Å². The maximum absolute atomic E-state index is 7.59. The van der Waals surface area contributed by atoms with Crippen molar-refractivity contribution in [1.29, 1.82) is 5.41 Å². The van der Waals surface area contributed by atoms with Crippen molar-refractivity contribution >= 4 is 27.5 Å². The van der Waals surface area contributed by atoms with Gasteiger partial charge in [0.2, 0.25) is 0 Å². The van der Waals surface area contributed by atoms with E-state index >= 15 is 0 Å². The van der Waals surface area contributed by atoms with Crippen LogP contribution in [0.2, 0.25) is 0 Å². The lowest BCUT2D eigenvalue weighted by molar-refractivity contribution is 0.786. The Kier molecular flexibility index (Phi) is 3.19. The number of nitrogen functional groups attached to an aromatic ring is 1. The number of amidine groups is 1. The Labute approximate surface area is 104 Å². The zero-order chi connectivity index (χ0) is 11.7. The van der Waals surface area contributed by atoms with Gasteiger partial charge in [-0.3, -0.25) is 5.41 Å². The SMILES string of the molecule is CN(CC1CC1)c1ccc(Br)cc1C(=N)N. The molecule has 1 aliphatic carbocycles. The van der Waals surface area contributed by atoms with Crippen LogP contribution >= 0.6 is 15.9 Å². The summed E-state index contributed by atoms with van der Waals surface area (Å²) in [5.74, 6) is 0.951. The molecule has 0 aliphatic heterocycles. The van der Waals surface area contributed by atoms with Crippen LogP contribution in [0.1, 0.15) is 18.4 Å². The highest BCUT2D eigenvalue weighted by atomic mass is 79.9. The summed E-state index contributed by atoms with van der Waals surface area (Å²) in [7, 11) is 2.06. The van der Waals surface area contributed by atoms with Gasteiger partial charge >= 0.3 is 0 Å². The van der Waals surface area contributed by atoms with Crippen LogP contribution in [-0.4, -0.2) is 19.4 Å². The number of anilines is 1. The fourth-order valence-corrected chi connectivity index (χ4v) is 2.20. The van der Waals surface area contributed by atoms with E-state index in [4.69, 9.17) is 11.1 Å². The molecule has 1 aromatic carbocycles. The molecular weight excluding hydrogens is 266 g/mol. The van der Waals surface area contributed by atoms with Crippen molar-refractivity contribution in [2.75, 3.05) is 18.5 Å². The van der Waals surface area contributed by atoms with Crippen molar-refractivity contribution < 1.29 is 0 Å². The van der Waals surface area contributed by atoms with Crippen LogP contribution in [0.15, 0.2) is 22.7 Å². The van der Waals surface area contributed by atoms with Crippen molar-refractivity contribution in [1.82, 2.24) is 0 Å². The maximum atomic E-state index is 7.59. The Bertz CT molecular complexity index is 413. The lowest BCUT2D eigenvalue weighted by Crippen LogP contribution is -2.24. The van der Waals surface area contributed by atoms with Gasteiger partial charge < -0.3 is 10.6 Å². The second-order valence-electron chi connectivity index (χ2n) is 4.40. The first-order chi connectivity index (χ1) is 7.58. The molecule has 86 valence electrons. The molecular formula is C12H16BrN3. The number of nitrogens with zero attached hydrogens (tertiary/aromatic N) is 1. The minimum atomic E-state index is 0.124. The summed E-state index contributed by atoms with van der Waals surface area (Å²) in [4.78, 5) is 2.20. The average Bonchev–Trinajstić information content (AvgIpc) is 3.01. The lowest BCUT2D eigenvalue weighted by Gasteiger charge is -2.22. The first-order valence-corrected chi connectivity index (χ1v) is 6.22. The van der Waals surface area contributed by atoms with Crippen LogP contribution in [0.25, 0.3) is 0 Å². The third-order valence-corrected chi connectivity index (χ3v) is 3.38. The first-order valence-electron chi connectivity index (χ1n) is 5.43. The summed E-state index contributed by atoms with van der Waals surface area (Å²) >= 11 is 3.41.